The summed E-state index contributed by atoms with van der Waals surface area (Å²) in [5, 5.41) is 13.3. The lowest BCUT2D eigenvalue weighted by Crippen LogP contribution is -2.39. The van der Waals surface area contributed by atoms with Crippen molar-refractivity contribution < 1.29 is 18.8 Å². The molecule has 0 aliphatic rings. The van der Waals surface area contributed by atoms with E-state index in [0.29, 0.717) is 23.7 Å². The van der Waals surface area contributed by atoms with Gasteiger partial charge in [-0.15, -0.1) is 0 Å². The lowest BCUT2D eigenvalue weighted by Gasteiger charge is -2.27. The third-order valence-corrected chi connectivity index (χ3v) is 3.57. The number of aliphatic hydroxyl groups excluding tert-OH is 1. The molecule has 24 heavy (non-hydrogen) atoms. The molecular formula is C17H24FN3O3. The molecule has 0 radical (unpaired) electrons. The van der Waals surface area contributed by atoms with Crippen molar-refractivity contribution >= 4 is 17.1 Å². The van der Waals surface area contributed by atoms with Crippen molar-refractivity contribution in [2.75, 3.05) is 19.7 Å². The van der Waals surface area contributed by atoms with Gasteiger partial charge < -0.3 is 14.4 Å². The van der Waals surface area contributed by atoms with Crippen LogP contribution < -0.4 is 0 Å². The fourth-order valence-corrected chi connectivity index (χ4v) is 2.35. The summed E-state index contributed by atoms with van der Waals surface area (Å²) in [4.78, 5) is 11.0. The molecule has 0 aliphatic heterocycles. The molecule has 0 saturated carbocycles. The summed E-state index contributed by atoms with van der Waals surface area (Å²) >= 11 is 0. The predicted molar refractivity (Wildman–Crippen MR) is 90.6 cm³/mol. The molecule has 1 atom stereocenters. The van der Waals surface area contributed by atoms with Crippen LogP contribution in [-0.2, 0) is 4.84 Å². The van der Waals surface area contributed by atoms with Gasteiger partial charge in [-0.3, -0.25) is 4.90 Å². The topological polar surface area (TPSA) is 71.1 Å². The largest absolute Gasteiger partial charge is 0.433 e. The zero-order chi connectivity index (χ0) is 17.5. The number of rotatable bonds is 9. The van der Waals surface area contributed by atoms with Crippen molar-refractivity contribution in [1.82, 2.24) is 9.88 Å². The molecule has 0 aliphatic carbocycles. The van der Waals surface area contributed by atoms with Gasteiger partial charge in [0.15, 0.2) is 5.58 Å². The molecule has 1 aromatic heterocycles. The second-order valence-corrected chi connectivity index (χ2v) is 5.91. The van der Waals surface area contributed by atoms with Crippen molar-refractivity contribution in [3.05, 3.63) is 30.2 Å². The van der Waals surface area contributed by atoms with Crippen molar-refractivity contribution in [3.8, 4) is 0 Å². The second kappa shape index (κ2) is 8.75. The van der Waals surface area contributed by atoms with Crippen molar-refractivity contribution in [1.29, 1.82) is 0 Å². The number of hydrogen-bond donors (Lipinski definition) is 1. The second-order valence-electron chi connectivity index (χ2n) is 5.91. The van der Waals surface area contributed by atoms with Gasteiger partial charge in [-0.25, -0.2) is 4.98 Å². The standard InChI is InChI=1S/C17H24FN3O3/c1-4-9-21(12(2)3)10-13(22)11-23-20-16(18)17-19-14-7-5-6-8-15(14)24-17/h5-8,12-13,22H,4,9-11H2,1-3H3/b20-16-. The highest BCUT2D eigenvalue weighted by Crippen LogP contribution is 2.15. The molecule has 0 spiro atoms. The summed E-state index contributed by atoms with van der Waals surface area (Å²) in [6.07, 6.45) is 0.245. The average Bonchev–Trinajstić information content (AvgIpc) is 2.98. The van der Waals surface area contributed by atoms with E-state index in [0.717, 1.165) is 13.0 Å². The van der Waals surface area contributed by atoms with Gasteiger partial charge in [0.05, 0.1) is 0 Å². The van der Waals surface area contributed by atoms with Crippen LogP contribution >= 0.6 is 0 Å². The minimum Gasteiger partial charge on any atom is -0.433 e. The van der Waals surface area contributed by atoms with E-state index in [9.17, 15) is 9.50 Å². The van der Waals surface area contributed by atoms with Gasteiger partial charge >= 0.3 is 5.97 Å². The van der Waals surface area contributed by atoms with E-state index in [2.05, 4.69) is 35.8 Å². The summed E-state index contributed by atoms with van der Waals surface area (Å²) in [7, 11) is 0. The quantitative estimate of drug-likeness (QED) is 0.563. The zero-order valence-electron chi connectivity index (χ0n) is 14.3. The van der Waals surface area contributed by atoms with Gasteiger partial charge in [-0.2, -0.15) is 4.39 Å². The minimum absolute atomic E-state index is 0.0966. The number of nitrogens with zero attached hydrogens (tertiary/aromatic N) is 3. The molecule has 7 heteroatoms. The SMILES string of the molecule is CCCN(CC(O)CO/N=C(\F)c1nc2ccccc2o1)C(C)C. The van der Waals surface area contributed by atoms with E-state index in [1.54, 1.807) is 24.3 Å². The summed E-state index contributed by atoms with van der Waals surface area (Å²) in [5.74, 6) is -1.19. The third-order valence-electron chi connectivity index (χ3n) is 3.57. The smallest absolute Gasteiger partial charge is 0.311 e. The maximum absolute atomic E-state index is 13.9. The normalized spacial score (nSPS) is 13.9. The highest BCUT2D eigenvalue weighted by atomic mass is 19.1. The number of para-hydroxylation sites is 2. The number of fused-ring (bicyclic) bond motifs is 1. The van der Waals surface area contributed by atoms with E-state index in [4.69, 9.17) is 9.25 Å². The van der Waals surface area contributed by atoms with Gasteiger partial charge in [0, 0.05) is 12.6 Å². The lowest BCUT2D eigenvalue weighted by molar-refractivity contribution is 0.0123. The van der Waals surface area contributed by atoms with Crippen LogP contribution in [0.15, 0.2) is 33.8 Å². The number of hydrogen-bond acceptors (Lipinski definition) is 6. The fraction of sp³-hybridized carbons (Fsp3) is 0.529. The van der Waals surface area contributed by atoms with Crippen LogP contribution in [0.5, 0.6) is 0 Å². The Kier molecular flexibility index (Phi) is 6.69. The molecule has 0 amide bonds. The van der Waals surface area contributed by atoms with E-state index < -0.39 is 12.1 Å². The Hall–Kier alpha value is -1.99. The molecule has 2 rings (SSSR count). The van der Waals surface area contributed by atoms with Gasteiger partial charge in [-0.05, 0) is 44.1 Å². The molecule has 1 aromatic carbocycles. The highest BCUT2D eigenvalue weighted by molar-refractivity contribution is 5.90. The van der Waals surface area contributed by atoms with Crippen LogP contribution in [0.25, 0.3) is 11.1 Å². The van der Waals surface area contributed by atoms with E-state index >= 15 is 0 Å². The summed E-state index contributed by atoms with van der Waals surface area (Å²) in [6, 6.07) is 7.29. The Labute approximate surface area is 140 Å². The molecule has 132 valence electrons. The van der Waals surface area contributed by atoms with E-state index in [-0.39, 0.29) is 12.5 Å². The Morgan fingerprint density at radius 1 is 1.42 bits per heavy atom. The average molecular weight is 337 g/mol. The van der Waals surface area contributed by atoms with Crippen LogP contribution in [0.2, 0.25) is 0 Å². The monoisotopic (exact) mass is 337 g/mol. The van der Waals surface area contributed by atoms with E-state index in [1.807, 2.05) is 0 Å². The van der Waals surface area contributed by atoms with E-state index in [1.165, 1.54) is 0 Å². The van der Waals surface area contributed by atoms with Gasteiger partial charge in [-0.1, -0.05) is 19.1 Å². The molecule has 6 nitrogen and oxygen atoms in total. The molecule has 0 fully saturated rings. The predicted octanol–water partition coefficient (Wildman–Crippen LogP) is 2.96. The first-order valence-corrected chi connectivity index (χ1v) is 8.14. The number of aliphatic hydroxyl groups is 1. The first-order valence-electron chi connectivity index (χ1n) is 8.14. The van der Waals surface area contributed by atoms with Crippen LogP contribution in [0.4, 0.5) is 4.39 Å². The Morgan fingerprint density at radius 2 is 2.17 bits per heavy atom. The molecule has 0 bridgehead atoms. The highest BCUT2D eigenvalue weighted by Gasteiger charge is 2.16. The minimum atomic E-state index is -0.951. The Morgan fingerprint density at radius 3 is 2.83 bits per heavy atom. The fourth-order valence-electron chi connectivity index (χ4n) is 2.35. The molecule has 2 aromatic rings. The Bertz CT molecular complexity index is 639. The van der Waals surface area contributed by atoms with Gasteiger partial charge in [0.1, 0.15) is 18.2 Å². The Balaban J connectivity index is 1.88. The molecular weight excluding hydrogens is 313 g/mol. The van der Waals surface area contributed by atoms with Gasteiger partial charge in [0.25, 0.3) is 5.89 Å². The first-order chi connectivity index (χ1) is 11.5. The zero-order valence-corrected chi connectivity index (χ0v) is 14.3. The van der Waals surface area contributed by atoms with Crippen LogP contribution in [-0.4, -0.2) is 52.8 Å². The lowest BCUT2D eigenvalue weighted by atomic mass is 10.2. The summed E-state index contributed by atoms with van der Waals surface area (Å²) in [6.45, 7) is 7.45. The van der Waals surface area contributed by atoms with Crippen molar-refractivity contribution in [2.45, 2.75) is 39.3 Å². The maximum Gasteiger partial charge on any atom is 0.311 e. The molecule has 0 saturated heterocycles. The number of aromatic nitrogens is 1. The number of halogens is 1. The van der Waals surface area contributed by atoms with Crippen LogP contribution in [0.3, 0.4) is 0 Å². The number of benzene rings is 1. The van der Waals surface area contributed by atoms with Gasteiger partial charge in [0.2, 0.25) is 0 Å². The van der Waals surface area contributed by atoms with Crippen molar-refractivity contribution in [3.63, 3.8) is 0 Å². The number of oxazole rings is 1. The summed E-state index contributed by atoms with van der Waals surface area (Å²) < 4.78 is 19.2. The first kappa shape index (κ1) is 18.4. The third kappa shape index (κ3) is 5.01. The summed E-state index contributed by atoms with van der Waals surface area (Å²) in [5.41, 5.74) is 1.02. The number of oxime groups is 1. The molecule has 1 unspecified atom stereocenters. The maximum atomic E-state index is 13.9. The molecule has 1 N–H and O–H groups in total. The van der Waals surface area contributed by atoms with Crippen molar-refractivity contribution in [2.24, 2.45) is 5.16 Å². The molecule has 1 heterocycles. The van der Waals surface area contributed by atoms with Crippen LogP contribution in [0, 0.1) is 0 Å². The van der Waals surface area contributed by atoms with Crippen LogP contribution in [0.1, 0.15) is 33.1 Å².